The SMILES string of the molecule is CC(C)N(C(=O)CN1CCC2CCC(C1)N2)C(C)C. The fraction of sp³-hybridized carbons (Fsp3) is 0.933. The standard InChI is InChI=1S/C15H29N3O/c1-11(2)18(12(3)4)15(19)10-17-8-7-13-5-6-14(9-17)16-13/h11-14,16H,5-10H2,1-4H3. The minimum absolute atomic E-state index is 0.280. The summed E-state index contributed by atoms with van der Waals surface area (Å²) < 4.78 is 0. The molecule has 2 saturated heterocycles. The van der Waals surface area contributed by atoms with E-state index in [-0.39, 0.29) is 18.0 Å². The smallest absolute Gasteiger partial charge is 0.237 e. The third-order valence-corrected chi connectivity index (χ3v) is 4.37. The van der Waals surface area contributed by atoms with Crippen molar-refractivity contribution in [1.29, 1.82) is 0 Å². The van der Waals surface area contributed by atoms with Gasteiger partial charge in [0.25, 0.3) is 0 Å². The van der Waals surface area contributed by atoms with Crippen LogP contribution in [-0.2, 0) is 4.79 Å². The lowest BCUT2D eigenvalue weighted by atomic mass is 10.1. The Morgan fingerprint density at radius 2 is 1.79 bits per heavy atom. The molecule has 2 unspecified atom stereocenters. The van der Waals surface area contributed by atoms with Gasteiger partial charge in [0.2, 0.25) is 5.91 Å². The number of amides is 1. The predicted molar refractivity (Wildman–Crippen MR) is 78.1 cm³/mol. The number of hydrogen-bond donors (Lipinski definition) is 1. The van der Waals surface area contributed by atoms with Crippen molar-refractivity contribution in [3.8, 4) is 0 Å². The summed E-state index contributed by atoms with van der Waals surface area (Å²) in [7, 11) is 0. The van der Waals surface area contributed by atoms with Gasteiger partial charge in [0.05, 0.1) is 6.54 Å². The average Bonchev–Trinajstić information content (AvgIpc) is 2.61. The van der Waals surface area contributed by atoms with Crippen molar-refractivity contribution in [1.82, 2.24) is 15.1 Å². The molecule has 0 aromatic rings. The van der Waals surface area contributed by atoms with E-state index in [1.165, 1.54) is 19.3 Å². The normalized spacial score (nSPS) is 27.9. The van der Waals surface area contributed by atoms with Crippen LogP contribution in [0, 0.1) is 0 Å². The highest BCUT2D eigenvalue weighted by atomic mass is 16.2. The van der Waals surface area contributed by atoms with Gasteiger partial charge >= 0.3 is 0 Å². The van der Waals surface area contributed by atoms with Crippen molar-refractivity contribution in [2.75, 3.05) is 19.6 Å². The Bertz CT molecular complexity index is 309. The lowest BCUT2D eigenvalue weighted by molar-refractivity contribution is -0.136. The fourth-order valence-corrected chi connectivity index (χ4v) is 3.60. The zero-order valence-electron chi connectivity index (χ0n) is 12.9. The van der Waals surface area contributed by atoms with Crippen LogP contribution in [0.2, 0.25) is 0 Å². The van der Waals surface area contributed by atoms with E-state index in [4.69, 9.17) is 0 Å². The minimum Gasteiger partial charge on any atom is -0.337 e. The minimum atomic E-state index is 0.280. The van der Waals surface area contributed by atoms with E-state index in [0.717, 1.165) is 13.1 Å². The Labute approximate surface area is 117 Å². The molecule has 0 aromatic carbocycles. The third-order valence-electron chi connectivity index (χ3n) is 4.37. The van der Waals surface area contributed by atoms with Crippen LogP contribution < -0.4 is 5.32 Å². The van der Waals surface area contributed by atoms with Crippen molar-refractivity contribution in [3.05, 3.63) is 0 Å². The summed E-state index contributed by atoms with van der Waals surface area (Å²) in [5, 5.41) is 3.66. The van der Waals surface area contributed by atoms with E-state index in [0.29, 0.717) is 18.6 Å². The zero-order chi connectivity index (χ0) is 14.0. The molecule has 4 nitrogen and oxygen atoms in total. The van der Waals surface area contributed by atoms with E-state index in [9.17, 15) is 4.79 Å². The summed E-state index contributed by atoms with van der Waals surface area (Å²) >= 11 is 0. The molecular formula is C15H29N3O. The van der Waals surface area contributed by atoms with E-state index in [1.807, 2.05) is 4.90 Å². The summed E-state index contributed by atoms with van der Waals surface area (Å²) in [5.41, 5.74) is 0. The number of carbonyl (C=O) groups excluding carboxylic acids is 1. The molecule has 4 heteroatoms. The molecule has 0 aliphatic carbocycles. The molecule has 2 atom stereocenters. The van der Waals surface area contributed by atoms with Crippen molar-refractivity contribution in [2.24, 2.45) is 0 Å². The summed E-state index contributed by atoms with van der Waals surface area (Å²) in [6.07, 6.45) is 3.77. The Morgan fingerprint density at radius 1 is 1.16 bits per heavy atom. The van der Waals surface area contributed by atoms with Gasteiger partial charge < -0.3 is 10.2 Å². The van der Waals surface area contributed by atoms with Gasteiger partial charge in [-0.25, -0.2) is 0 Å². The van der Waals surface area contributed by atoms with Crippen LogP contribution in [0.4, 0.5) is 0 Å². The van der Waals surface area contributed by atoms with Gasteiger partial charge in [-0.05, 0) is 47.0 Å². The molecule has 1 amide bonds. The molecule has 2 aliphatic heterocycles. The third kappa shape index (κ3) is 3.69. The number of rotatable bonds is 4. The highest BCUT2D eigenvalue weighted by Gasteiger charge is 2.31. The Kier molecular flexibility index (Phi) is 4.85. The number of carbonyl (C=O) groups is 1. The Morgan fingerprint density at radius 3 is 2.42 bits per heavy atom. The number of nitrogens with zero attached hydrogens (tertiary/aromatic N) is 2. The van der Waals surface area contributed by atoms with Crippen LogP contribution in [-0.4, -0.2) is 59.5 Å². The Hall–Kier alpha value is -0.610. The molecule has 0 spiro atoms. The monoisotopic (exact) mass is 267 g/mol. The summed E-state index contributed by atoms with van der Waals surface area (Å²) in [4.78, 5) is 16.8. The predicted octanol–water partition coefficient (Wildman–Crippen LogP) is 1.46. The molecule has 110 valence electrons. The number of fused-ring (bicyclic) bond motifs is 2. The lowest BCUT2D eigenvalue weighted by Crippen LogP contribution is -2.48. The second-order valence-corrected chi connectivity index (χ2v) is 6.65. The summed E-state index contributed by atoms with van der Waals surface area (Å²) in [5.74, 6) is 0.280. The summed E-state index contributed by atoms with van der Waals surface area (Å²) in [6.45, 7) is 11.1. The first-order valence-electron chi connectivity index (χ1n) is 7.77. The maximum atomic E-state index is 12.5. The summed E-state index contributed by atoms with van der Waals surface area (Å²) in [6, 6.07) is 1.87. The molecular weight excluding hydrogens is 238 g/mol. The van der Waals surface area contributed by atoms with Crippen LogP contribution in [0.25, 0.3) is 0 Å². The Balaban J connectivity index is 1.90. The van der Waals surface area contributed by atoms with Crippen LogP contribution in [0.5, 0.6) is 0 Å². The van der Waals surface area contributed by atoms with Gasteiger partial charge in [0.15, 0.2) is 0 Å². The van der Waals surface area contributed by atoms with Gasteiger partial charge in [-0.3, -0.25) is 9.69 Å². The van der Waals surface area contributed by atoms with Crippen molar-refractivity contribution in [3.63, 3.8) is 0 Å². The van der Waals surface area contributed by atoms with Gasteiger partial charge in [-0.2, -0.15) is 0 Å². The van der Waals surface area contributed by atoms with E-state index in [1.54, 1.807) is 0 Å². The second-order valence-electron chi connectivity index (χ2n) is 6.65. The number of likely N-dealkylation sites (tertiary alicyclic amines) is 1. The number of hydrogen-bond acceptors (Lipinski definition) is 3. The molecule has 2 fully saturated rings. The molecule has 2 bridgehead atoms. The number of nitrogens with one attached hydrogen (secondary N) is 1. The van der Waals surface area contributed by atoms with Crippen molar-refractivity contribution >= 4 is 5.91 Å². The lowest BCUT2D eigenvalue weighted by Gasteiger charge is -2.33. The first-order chi connectivity index (χ1) is 8.97. The fourth-order valence-electron chi connectivity index (χ4n) is 3.60. The molecule has 19 heavy (non-hydrogen) atoms. The molecule has 0 saturated carbocycles. The van der Waals surface area contributed by atoms with Crippen LogP contribution in [0.15, 0.2) is 0 Å². The average molecular weight is 267 g/mol. The van der Waals surface area contributed by atoms with E-state index < -0.39 is 0 Å². The maximum Gasteiger partial charge on any atom is 0.237 e. The second kappa shape index (κ2) is 6.23. The van der Waals surface area contributed by atoms with E-state index >= 15 is 0 Å². The highest BCUT2D eigenvalue weighted by molar-refractivity contribution is 5.78. The van der Waals surface area contributed by atoms with Gasteiger partial charge in [0, 0.05) is 37.3 Å². The molecule has 1 N–H and O–H groups in total. The molecule has 0 aromatic heterocycles. The maximum absolute atomic E-state index is 12.5. The quantitative estimate of drug-likeness (QED) is 0.837. The largest absolute Gasteiger partial charge is 0.337 e. The zero-order valence-corrected chi connectivity index (χ0v) is 12.9. The van der Waals surface area contributed by atoms with E-state index in [2.05, 4.69) is 37.9 Å². The van der Waals surface area contributed by atoms with Crippen LogP contribution in [0.3, 0.4) is 0 Å². The topological polar surface area (TPSA) is 35.6 Å². The molecule has 0 radical (unpaired) electrons. The van der Waals surface area contributed by atoms with Crippen molar-refractivity contribution in [2.45, 2.75) is 71.1 Å². The molecule has 2 rings (SSSR count). The first kappa shape index (κ1) is 14.8. The van der Waals surface area contributed by atoms with Crippen LogP contribution in [0.1, 0.15) is 47.0 Å². The molecule has 2 heterocycles. The highest BCUT2D eigenvalue weighted by Crippen LogP contribution is 2.20. The van der Waals surface area contributed by atoms with Crippen LogP contribution >= 0.6 is 0 Å². The molecule has 2 aliphatic rings. The first-order valence-corrected chi connectivity index (χ1v) is 7.77. The van der Waals surface area contributed by atoms with Gasteiger partial charge in [0.1, 0.15) is 0 Å². The van der Waals surface area contributed by atoms with Crippen molar-refractivity contribution < 1.29 is 4.79 Å². The van der Waals surface area contributed by atoms with Gasteiger partial charge in [-0.15, -0.1) is 0 Å². The van der Waals surface area contributed by atoms with Gasteiger partial charge in [-0.1, -0.05) is 0 Å².